The Hall–Kier alpha value is -2.22. The summed E-state index contributed by atoms with van der Waals surface area (Å²) in [5.74, 6) is 2.95. The van der Waals surface area contributed by atoms with Crippen LogP contribution in [0.25, 0.3) is 0 Å². The molecule has 0 saturated carbocycles. The number of nitro benzene ring substituents is 1. The number of methoxy groups -OCH3 is 1. The Kier molecular flexibility index (Phi) is 3.52. The molecule has 0 heterocycles. The van der Waals surface area contributed by atoms with Crippen LogP contribution in [0, 0.1) is 22.5 Å². The van der Waals surface area contributed by atoms with Gasteiger partial charge in [-0.3, -0.25) is 10.1 Å². The summed E-state index contributed by atoms with van der Waals surface area (Å²) in [5, 5.41) is 10.5. The third-order valence-corrected chi connectivity index (χ3v) is 1.67. The number of rotatable bonds is 4. The highest BCUT2D eigenvalue weighted by atomic mass is 16.6. The number of benzene rings is 1. The summed E-state index contributed by atoms with van der Waals surface area (Å²) < 4.78 is 10.1. The van der Waals surface area contributed by atoms with E-state index in [1.807, 2.05) is 0 Å². The molecular formula is C10H9NO4. The molecule has 0 N–H and O–H groups in total. The van der Waals surface area contributed by atoms with Crippen molar-refractivity contribution < 1.29 is 14.4 Å². The summed E-state index contributed by atoms with van der Waals surface area (Å²) in [6.07, 6.45) is 5.02. The van der Waals surface area contributed by atoms with Crippen molar-refractivity contribution in [3.8, 4) is 23.8 Å². The molecule has 1 aromatic rings. The monoisotopic (exact) mass is 207 g/mol. The summed E-state index contributed by atoms with van der Waals surface area (Å²) >= 11 is 0. The normalized spacial score (nSPS) is 9.07. The van der Waals surface area contributed by atoms with Gasteiger partial charge in [0.2, 0.25) is 0 Å². The lowest BCUT2D eigenvalue weighted by atomic mass is 10.3. The van der Waals surface area contributed by atoms with E-state index in [9.17, 15) is 10.1 Å². The summed E-state index contributed by atoms with van der Waals surface area (Å²) in [7, 11) is 1.45. The van der Waals surface area contributed by atoms with Crippen LogP contribution in [-0.4, -0.2) is 18.6 Å². The fourth-order valence-electron chi connectivity index (χ4n) is 1.01. The number of nitro groups is 1. The van der Waals surface area contributed by atoms with Gasteiger partial charge in [-0.2, -0.15) is 0 Å². The fraction of sp³-hybridized carbons (Fsp3) is 0.200. The number of nitrogens with zero attached hydrogens (tertiary/aromatic N) is 1. The largest absolute Gasteiger partial charge is 0.493 e. The highest BCUT2D eigenvalue weighted by Gasteiger charge is 2.11. The maximum absolute atomic E-state index is 10.5. The Morgan fingerprint density at radius 1 is 1.53 bits per heavy atom. The quantitative estimate of drug-likeness (QED) is 0.427. The second-order valence-corrected chi connectivity index (χ2v) is 2.59. The second-order valence-electron chi connectivity index (χ2n) is 2.59. The van der Waals surface area contributed by atoms with Gasteiger partial charge in [0.15, 0.2) is 11.5 Å². The third kappa shape index (κ3) is 2.61. The molecule has 0 radical (unpaired) electrons. The topological polar surface area (TPSA) is 61.6 Å². The summed E-state index contributed by atoms with van der Waals surface area (Å²) in [5.41, 5.74) is -0.0668. The molecule has 15 heavy (non-hydrogen) atoms. The van der Waals surface area contributed by atoms with Crippen molar-refractivity contribution in [3.63, 3.8) is 0 Å². The average molecular weight is 207 g/mol. The first-order valence-electron chi connectivity index (χ1n) is 4.07. The molecule has 0 spiro atoms. The van der Waals surface area contributed by atoms with Crippen molar-refractivity contribution in [1.82, 2.24) is 0 Å². The number of ether oxygens (including phenoxy) is 2. The molecular weight excluding hydrogens is 198 g/mol. The highest BCUT2D eigenvalue weighted by Crippen LogP contribution is 2.30. The smallest absolute Gasteiger partial charge is 0.273 e. The maximum Gasteiger partial charge on any atom is 0.273 e. The molecule has 0 saturated heterocycles. The Bertz CT molecular complexity index is 408. The van der Waals surface area contributed by atoms with Crippen LogP contribution < -0.4 is 9.47 Å². The SMILES string of the molecule is C#CCOc1cc([N+](=O)[O-])ccc1OC. The highest BCUT2D eigenvalue weighted by molar-refractivity contribution is 5.48. The van der Waals surface area contributed by atoms with Crippen molar-refractivity contribution in [2.45, 2.75) is 0 Å². The van der Waals surface area contributed by atoms with Crippen LogP contribution in [0.15, 0.2) is 18.2 Å². The van der Waals surface area contributed by atoms with Crippen LogP contribution in [0.5, 0.6) is 11.5 Å². The number of hydrogen-bond donors (Lipinski definition) is 0. The molecule has 0 aliphatic heterocycles. The van der Waals surface area contributed by atoms with Gasteiger partial charge in [-0.05, 0) is 6.07 Å². The lowest BCUT2D eigenvalue weighted by Gasteiger charge is -2.07. The van der Waals surface area contributed by atoms with Crippen LogP contribution in [0.4, 0.5) is 5.69 Å². The molecule has 5 heteroatoms. The zero-order valence-corrected chi connectivity index (χ0v) is 8.10. The van der Waals surface area contributed by atoms with Crippen LogP contribution >= 0.6 is 0 Å². The maximum atomic E-state index is 10.5. The van der Waals surface area contributed by atoms with E-state index in [-0.39, 0.29) is 18.0 Å². The van der Waals surface area contributed by atoms with Crippen molar-refractivity contribution in [2.75, 3.05) is 13.7 Å². The third-order valence-electron chi connectivity index (χ3n) is 1.67. The van der Waals surface area contributed by atoms with Gasteiger partial charge >= 0.3 is 0 Å². The minimum atomic E-state index is -0.512. The van der Waals surface area contributed by atoms with E-state index in [2.05, 4.69) is 5.92 Å². The van der Waals surface area contributed by atoms with Gasteiger partial charge in [-0.15, -0.1) is 6.42 Å². The predicted molar refractivity (Wildman–Crippen MR) is 54.0 cm³/mol. The number of hydrogen-bond acceptors (Lipinski definition) is 4. The minimum Gasteiger partial charge on any atom is -0.493 e. The summed E-state index contributed by atoms with van der Waals surface area (Å²) in [6.45, 7) is 0.0392. The van der Waals surface area contributed by atoms with Gasteiger partial charge in [0.1, 0.15) is 6.61 Å². The Morgan fingerprint density at radius 3 is 2.80 bits per heavy atom. The van der Waals surface area contributed by atoms with E-state index in [1.165, 1.54) is 25.3 Å². The molecule has 0 atom stereocenters. The second kappa shape index (κ2) is 4.86. The van der Waals surface area contributed by atoms with E-state index < -0.39 is 4.92 Å². The number of terminal acetylenes is 1. The van der Waals surface area contributed by atoms with Gasteiger partial charge in [0, 0.05) is 6.07 Å². The van der Waals surface area contributed by atoms with Gasteiger partial charge in [-0.25, -0.2) is 0 Å². The molecule has 0 unspecified atom stereocenters. The zero-order valence-electron chi connectivity index (χ0n) is 8.10. The standard InChI is InChI=1S/C10H9NO4/c1-3-6-15-10-7-8(11(12)13)4-5-9(10)14-2/h1,4-5,7H,6H2,2H3. The van der Waals surface area contributed by atoms with Gasteiger partial charge in [-0.1, -0.05) is 5.92 Å². The van der Waals surface area contributed by atoms with Crippen molar-refractivity contribution in [3.05, 3.63) is 28.3 Å². The van der Waals surface area contributed by atoms with Gasteiger partial charge in [0.05, 0.1) is 18.1 Å². The summed E-state index contributed by atoms with van der Waals surface area (Å²) in [4.78, 5) is 9.98. The van der Waals surface area contributed by atoms with E-state index in [0.717, 1.165) is 0 Å². The van der Waals surface area contributed by atoms with Crippen LogP contribution in [-0.2, 0) is 0 Å². The average Bonchev–Trinajstić information content (AvgIpc) is 2.25. The number of non-ortho nitro benzene ring substituents is 1. The first-order chi connectivity index (χ1) is 7.19. The molecule has 1 aromatic carbocycles. The molecule has 78 valence electrons. The van der Waals surface area contributed by atoms with E-state index in [1.54, 1.807) is 0 Å². The predicted octanol–water partition coefficient (Wildman–Crippen LogP) is 1.62. The molecule has 0 aliphatic carbocycles. The lowest BCUT2D eigenvalue weighted by Crippen LogP contribution is -1.98. The molecule has 5 nitrogen and oxygen atoms in total. The van der Waals surface area contributed by atoms with Crippen LogP contribution in [0.3, 0.4) is 0 Å². The lowest BCUT2D eigenvalue weighted by molar-refractivity contribution is -0.385. The molecule has 0 aromatic heterocycles. The van der Waals surface area contributed by atoms with Gasteiger partial charge in [0.25, 0.3) is 5.69 Å². The first kappa shape index (κ1) is 10.9. The summed E-state index contributed by atoms with van der Waals surface area (Å²) in [6, 6.07) is 4.07. The molecule has 0 aliphatic rings. The van der Waals surface area contributed by atoms with E-state index in [0.29, 0.717) is 5.75 Å². The van der Waals surface area contributed by atoms with Crippen LogP contribution in [0.2, 0.25) is 0 Å². The van der Waals surface area contributed by atoms with Crippen molar-refractivity contribution >= 4 is 5.69 Å². The Morgan fingerprint density at radius 2 is 2.27 bits per heavy atom. The van der Waals surface area contributed by atoms with E-state index in [4.69, 9.17) is 15.9 Å². The molecule has 0 fully saturated rings. The van der Waals surface area contributed by atoms with Crippen molar-refractivity contribution in [1.29, 1.82) is 0 Å². The van der Waals surface area contributed by atoms with E-state index >= 15 is 0 Å². The van der Waals surface area contributed by atoms with Crippen LogP contribution in [0.1, 0.15) is 0 Å². The molecule has 0 amide bonds. The fourth-order valence-corrected chi connectivity index (χ4v) is 1.01. The molecule has 0 bridgehead atoms. The zero-order chi connectivity index (χ0) is 11.3. The first-order valence-corrected chi connectivity index (χ1v) is 4.07. The Balaban J connectivity index is 3.03. The molecule has 1 rings (SSSR count). The van der Waals surface area contributed by atoms with Gasteiger partial charge < -0.3 is 9.47 Å². The van der Waals surface area contributed by atoms with Crippen molar-refractivity contribution in [2.24, 2.45) is 0 Å². The Labute approximate surface area is 86.8 Å². The minimum absolute atomic E-state index is 0.0392.